The van der Waals surface area contributed by atoms with E-state index in [-0.39, 0.29) is 0 Å². The maximum Gasteiger partial charge on any atom is 0.0309 e. The predicted octanol–water partition coefficient (Wildman–Crippen LogP) is 4.06. The van der Waals surface area contributed by atoms with Crippen LogP contribution in [0.25, 0.3) is 0 Å². The second-order valence-electron chi connectivity index (χ2n) is 8.04. The van der Waals surface area contributed by atoms with E-state index >= 15 is 0 Å². The Balaban J connectivity index is 1.86. The zero-order valence-electron chi connectivity index (χ0n) is 14.3. The second kappa shape index (κ2) is 7.26. The molecule has 0 aromatic rings. The molecule has 1 saturated heterocycles. The summed E-state index contributed by atoms with van der Waals surface area (Å²) in [6, 6.07) is 0.750. The summed E-state index contributed by atoms with van der Waals surface area (Å²) in [5, 5.41) is 3.92. The Morgan fingerprint density at radius 1 is 1.10 bits per heavy atom. The Labute approximate surface area is 126 Å². The highest BCUT2D eigenvalue weighted by Gasteiger charge is 2.41. The lowest BCUT2D eigenvalue weighted by atomic mass is 9.89. The van der Waals surface area contributed by atoms with Crippen LogP contribution >= 0.6 is 0 Å². The van der Waals surface area contributed by atoms with Gasteiger partial charge in [0, 0.05) is 24.7 Å². The summed E-state index contributed by atoms with van der Waals surface area (Å²) >= 11 is 0. The summed E-state index contributed by atoms with van der Waals surface area (Å²) in [6.45, 7) is 13.3. The van der Waals surface area contributed by atoms with Crippen molar-refractivity contribution in [3.8, 4) is 0 Å². The van der Waals surface area contributed by atoms with Gasteiger partial charge < -0.3 is 5.32 Å². The van der Waals surface area contributed by atoms with Crippen LogP contribution in [0.15, 0.2) is 0 Å². The van der Waals surface area contributed by atoms with Gasteiger partial charge in [0.2, 0.25) is 0 Å². The average molecular weight is 280 g/mol. The Morgan fingerprint density at radius 2 is 1.80 bits per heavy atom. The van der Waals surface area contributed by atoms with Crippen LogP contribution in [-0.2, 0) is 0 Å². The van der Waals surface area contributed by atoms with E-state index < -0.39 is 0 Å². The number of unbranched alkanes of at least 4 members (excludes halogenated alkanes) is 1. The summed E-state index contributed by atoms with van der Waals surface area (Å²) < 4.78 is 0. The summed E-state index contributed by atoms with van der Waals surface area (Å²) in [4.78, 5) is 2.83. The number of hydrogen-bond donors (Lipinski definition) is 1. The van der Waals surface area contributed by atoms with Crippen molar-refractivity contribution < 1.29 is 0 Å². The molecule has 1 unspecified atom stereocenters. The lowest BCUT2D eigenvalue weighted by Gasteiger charge is -2.48. The zero-order valence-corrected chi connectivity index (χ0v) is 14.3. The molecule has 1 N–H and O–H groups in total. The first-order valence-corrected chi connectivity index (χ1v) is 9.01. The van der Waals surface area contributed by atoms with E-state index in [1.807, 2.05) is 0 Å². The van der Waals surface area contributed by atoms with Gasteiger partial charge in [0.25, 0.3) is 0 Å². The molecule has 1 heterocycles. The van der Waals surface area contributed by atoms with Gasteiger partial charge in [-0.05, 0) is 37.6 Å². The molecule has 2 aliphatic rings. The SMILES string of the molecule is CC(C)CCCCN1CC2(CCCC2)NCC1C(C)C. The van der Waals surface area contributed by atoms with Crippen LogP contribution in [0, 0.1) is 11.8 Å². The first kappa shape index (κ1) is 16.3. The molecule has 0 bridgehead atoms. The monoisotopic (exact) mass is 280 g/mol. The highest BCUT2D eigenvalue weighted by molar-refractivity contribution is 5.01. The first-order chi connectivity index (χ1) is 9.52. The van der Waals surface area contributed by atoms with Crippen molar-refractivity contribution >= 4 is 0 Å². The smallest absolute Gasteiger partial charge is 0.0309 e. The number of rotatable bonds is 6. The van der Waals surface area contributed by atoms with Crippen LogP contribution in [0.3, 0.4) is 0 Å². The third-order valence-corrected chi connectivity index (χ3v) is 5.47. The van der Waals surface area contributed by atoms with Crippen LogP contribution in [0.4, 0.5) is 0 Å². The van der Waals surface area contributed by atoms with Gasteiger partial charge in [-0.1, -0.05) is 53.4 Å². The predicted molar refractivity (Wildman–Crippen MR) is 88.1 cm³/mol. The molecule has 2 nitrogen and oxygen atoms in total. The topological polar surface area (TPSA) is 15.3 Å². The molecule has 2 rings (SSSR count). The summed E-state index contributed by atoms with van der Waals surface area (Å²) in [5.41, 5.74) is 0.476. The molecule has 0 radical (unpaired) electrons. The van der Waals surface area contributed by atoms with E-state index in [0.717, 1.165) is 17.9 Å². The average Bonchev–Trinajstić information content (AvgIpc) is 2.82. The van der Waals surface area contributed by atoms with Crippen LogP contribution < -0.4 is 5.32 Å². The molecule has 0 amide bonds. The number of nitrogens with zero attached hydrogens (tertiary/aromatic N) is 1. The second-order valence-corrected chi connectivity index (χ2v) is 8.04. The van der Waals surface area contributed by atoms with Gasteiger partial charge in [0.05, 0.1) is 0 Å². The molecule has 1 atom stereocenters. The maximum atomic E-state index is 3.92. The minimum absolute atomic E-state index is 0.476. The van der Waals surface area contributed by atoms with Crippen molar-refractivity contribution in [3.05, 3.63) is 0 Å². The molecule has 1 aliphatic carbocycles. The van der Waals surface area contributed by atoms with E-state index in [9.17, 15) is 0 Å². The molecule has 1 spiro atoms. The highest BCUT2D eigenvalue weighted by atomic mass is 15.3. The molecular weight excluding hydrogens is 244 g/mol. The summed E-state index contributed by atoms with van der Waals surface area (Å²) in [6.07, 6.45) is 9.85. The van der Waals surface area contributed by atoms with E-state index in [2.05, 4.69) is 37.9 Å². The van der Waals surface area contributed by atoms with Crippen LogP contribution in [-0.4, -0.2) is 36.1 Å². The van der Waals surface area contributed by atoms with Crippen LogP contribution in [0.5, 0.6) is 0 Å². The largest absolute Gasteiger partial charge is 0.308 e. The Hall–Kier alpha value is -0.0800. The first-order valence-electron chi connectivity index (χ1n) is 9.01. The van der Waals surface area contributed by atoms with Crippen molar-refractivity contribution in [2.75, 3.05) is 19.6 Å². The van der Waals surface area contributed by atoms with Gasteiger partial charge in [-0.15, -0.1) is 0 Å². The Morgan fingerprint density at radius 3 is 2.40 bits per heavy atom. The van der Waals surface area contributed by atoms with Gasteiger partial charge in [-0.3, -0.25) is 4.90 Å². The number of hydrogen-bond acceptors (Lipinski definition) is 2. The van der Waals surface area contributed by atoms with Crippen molar-refractivity contribution in [1.29, 1.82) is 0 Å². The van der Waals surface area contributed by atoms with Gasteiger partial charge in [-0.25, -0.2) is 0 Å². The molecule has 2 fully saturated rings. The van der Waals surface area contributed by atoms with Crippen LogP contribution in [0.1, 0.15) is 72.6 Å². The summed E-state index contributed by atoms with van der Waals surface area (Å²) in [5.74, 6) is 1.63. The quantitative estimate of drug-likeness (QED) is 0.738. The standard InChI is InChI=1S/C18H36N2/c1-15(2)9-5-8-12-20-14-18(10-6-7-11-18)19-13-17(20)16(3)4/h15-17,19H,5-14H2,1-4H3. The molecular formula is C18H36N2. The lowest BCUT2D eigenvalue weighted by molar-refractivity contribution is 0.0554. The minimum atomic E-state index is 0.476. The normalized spacial score (nSPS) is 27.0. The van der Waals surface area contributed by atoms with Crippen molar-refractivity contribution in [3.63, 3.8) is 0 Å². The van der Waals surface area contributed by atoms with Crippen molar-refractivity contribution in [2.45, 2.75) is 84.2 Å². The number of piperazine rings is 1. The minimum Gasteiger partial charge on any atom is -0.308 e. The van der Waals surface area contributed by atoms with E-state index in [0.29, 0.717) is 5.54 Å². The van der Waals surface area contributed by atoms with Gasteiger partial charge >= 0.3 is 0 Å². The maximum absolute atomic E-state index is 3.92. The molecule has 20 heavy (non-hydrogen) atoms. The fourth-order valence-electron chi connectivity index (χ4n) is 4.17. The zero-order chi connectivity index (χ0) is 14.6. The number of nitrogens with one attached hydrogen (secondary N) is 1. The van der Waals surface area contributed by atoms with Crippen LogP contribution in [0.2, 0.25) is 0 Å². The molecule has 0 aromatic heterocycles. The lowest BCUT2D eigenvalue weighted by Crippen LogP contribution is -2.64. The summed E-state index contributed by atoms with van der Waals surface area (Å²) in [7, 11) is 0. The molecule has 118 valence electrons. The molecule has 2 heteroatoms. The molecule has 1 saturated carbocycles. The molecule has 0 aromatic carbocycles. The van der Waals surface area contributed by atoms with Crippen molar-refractivity contribution in [2.24, 2.45) is 11.8 Å². The fourth-order valence-corrected chi connectivity index (χ4v) is 4.17. The Kier molecular flexibility index (Phi) is 5.92. The van der Waals surface area contributed by atoms with Crippen molar-refractivity contribution in [1.82, 2.24) is 10.2 Å². The third-order valence-electron chi connectivity index (χ3n) is 5.47. The fraction of sp³-hybridized carbons (Fsp3) is 1.00. The highest BCUT2D eigenvalue weighted by Crippen LogP contribution is 2.34. The van der Waals surface area contributed by atoms with E-state index in [4.69, 9.17) is 0 Å². The molecule has 1 aliphatic heterocycles. The van der Waals surface area contributed by atoms with Gasteiger partial charge in [0.15, 0.2) is 0 Å². The Bertz CT molecular complexity index is 279. The van der Waals surface area contributed by atoms with E-state index in [1.165, 1.54) is 64.6 Å². The third kappa shape index (κ3) is 4.21. The van der Waals surface area contributed by atoms with Gasteiger partial charge in [-0.2, -0.15) is 0 Å². The van der Waals surface area contributed by atoms with Gasteiger partial charge in [0.1, 0.15) is 0 Å². The van der Waals surface area contributed by atoms with E-state index in [1.54, 1.807) is 0 Å².